The Balaban J connectivity index is 2.24. The molecular weight excluding hydrogens is 289 g/mol. The van der Waals surface area contributed by atoms with Crippen molar-refractivity contribution in [3.63, 3.8) is 0 Å². The Morgan fingerprint density at radius 1 is 1.38 bits per heavy atom. The minimum Gasteiger partial charge on any atom is -0.383 e. The molecule has 1 amide bonds. The molecule has 1 aromatic carbocycles. The molecule has 0 saturated carbocycles. The Labute approximate surface area is 128 Å². The van der Waals surface area contributed by atoms with Gasteiger partial charge in [0.15, 0.2) is 0 Å². The molecular formula is C16H20FNO2S. The molecule has 0 aliphatic rings. The standard InChI is InChI=1S/C16H20FNO2S/c1-11(2)10-18(6-7-20-3)16(19)15-9-12-8-13(17)4-5-14(12)21-15/h4-5,8-9,11H,6-7,10H2,1-3H3. The van der Waals surface area contributed by atoms with Gasteiger partial charge >= 0.3 is 0 Å². The van der Waals surface area contributed by atoms with Gasteiger partial charge in [0.2, 0.25) is 0 Å². The van der Waals surface area contributed by atoms with E-state index in [0.29, 0.717) is 30.5 Å². The van der Waals surface area contributed by atoms with Crippen LogP contribution in [-0.2, 0) is 4.74 Å². The van der Waals surface area contributed by atoms with E-state index >= 15 is 0 Å². The van der Waals surface area contributed by atoms with E-state index < -0.39 is 0 Å². The summed E-state index contributed by atoms with van der Waals surface area (Å²) in [6.07, 6.45) is 0. The first-order valence-corrected chi connectivity index (χ1v) is 7.80. The summed E-state index contributed by atoms with van der Waals surface area (Å²) < 4.78 is 19.2. The summed E-state index contributed by atoms with van der Waals surface area (Å²) in [6.45, 7) is 5.92. The molecule has 0 spiro atoms. The number of hydrogen-bond donors (Lipinski definition) is 0. The van der Waals surface area contributed by atoms with E-state index in [4.69, 9.17) is 4.74 Å². The minimum absolute atomic E-state index is 0.0117. The highest BCUT2D eigenvalue weighted by molar-refractivity contribution is 7.20. The van der Waals surface area contributed by atoms with Gasteiger partial charge in [0.25, 0.3) is 5.91 Å². The molecule has 0 atom stereocenters. The summed E-state index contributed by atoms with van der Waals surface area (Å²) >= 11 is 1.40. The number of ether oxygens (including phenoxy) is 1. The fourth-order valence-corrected chi connectivity index (χ4v) is 3.20. The summed E-state index contributed by atoms with van der Waals surface area (Å²) in [7, 11) is 1.63. The SMILES string of the molecule is COCCN(CC(C)C)C(=O)c1cc2cc(F)ccc2s1. The summed E-state index contributed by atoms with van der Waals surface area (Å²) in [4.78, 5) is 15.1. The zero-order valence-electron chi connectivity index (χ0n) is 12.6. The van der Waals surface area contributed by atoms with Crippen LogP contribution in [0.4, 0.5) is 4.39 Å². The number of fused-ring (bicyclic) bond motifs is 1. The normalized spacial score (nSPS) is 11.3. The zero-order chi connectivity index (χ0) is 15.4. The average Bonchev–Trinajstić information content (AvgIpc) is 2.85. The van der Waals surface area contributed by atoms with Crippen molar-refractivity contribution in [2.45, 2.75) is 13.8 Å². The van der Waals surface area contributed by atoms with Crippen LogP contribution in [0.3, 0.4) is 0 Å². The van der Waals surface area contributed by atoms with E-state index in [1.807, 2.05) is 0 Å². The number of amides is 1. The van der Waals surface area contributed by atoms with Crippen LogP contribution < -0.4 is 0 Å². The summed E-state index contributed by atoms with van der Waals surface area (Å²) in [5, 5.41) is 0.777. The Bertz CT molecular complexity index is 624. The maximum Gasteiger partial charge on any atom is 0.264 e. The molecule has 0 aliphatic carbocycles. The van der Waals surface area contributed by atoms with Crippen LogP contribution >= 0.6 is 11.3 Å². The molecule has 0 radical (unpaired) electrons. The Kier molecular flexibility index (Phi) is 5.31. The fourth-order valence-electron chi connectivity index (χ4n) is 2.19. The number of thiophene rings is 1. The van der Waals surface area contributed by atoms with Crippen molar-refractivity contribution < 1.29 is 13.9 Å². The number of carbonyl (C=O) groups is 1. The van der Waals surface area contributed by atoms with Gasteiger partial charge in [-0.3, -0.25) is 4.79 Å². The van der Waals surface area contributed by atoms with Crippen LogP contribution in [0.15, 0.2) is 24.3 Å². The lowest BCUT2D eigenvalue weighted by atomic mass is 10.2. The molecule has 3 nitrogen and oxygen atoms in total. The quantitative estimate of drug-likeness (QED) is 0.812. The Morgan fingerprint density at radius 3 is 2.81 bits per heavy atom. The van der Waals surface area contributed by atoms with Gasteiger partial charge < -0.3 is 9.64 Å². The molecule has 0 saturated heterocycles. The van der Waals surface area contributed by atoms with Crippen LogP contribution in [0.2, 0.25) is 0 Å². The number of carbonyl (C=O) groups excluding carboxylic acids is 1. The topological polar surface area (TPSA) is 29.5 Å². The molecule has 114 valence electrons. The lowest BCUT2D eigenvalue weighted by molar-refractivity contribution is 0.0677. The minimum atomic E-state index is -0.280. The molecule has 0 fully saturated rings. The van der Waals surface area contributed by atoms with Crippen molar-refractivity contribution in [1.29, 1.82) is 0 Å². The molecule has 5 heteroatoms. The van der Waals surface area contributed by atoms with Crippen LogP contribution in [0.5, 0.6) is 0 Å². The second-order valence-corrected chi connectivity index (χ2v) is 6.51. The van der Waals surface area contributed by atoms with Gasteiger partial charge in [0.05, 0.1) is 11.5 Å². The van der Waals surface area contributed by atoms with Gasteiger partial charge in [-0.1, -0.05) is 13.8 Å². The molecule has 0 aliphatic heterocycles. The van der Waals surface area contributed by atoms with Crippen molar-refractivity contribution in [3.8, 4) is 0 Å². The lowest BCUT2D eigenvalue weighted by Crippen LogP contribution is -2.36. The van der Waals surface area contributed by atoms with Gasteiger partial charge in [0.1, 0.15) is 5.82 Å². The van der Waals surface area contributed by atoms with Crippen LogP contribution in [-0.4, -0.2) is 37.6 Å². The lowest BCUT2D eigenvalue weighted by Gasteiger charge is -2.23. The number of hydrogen-bond acceptors (Lipinski definition) is 3. The first-order valence-electron chi connectivity index (χ1n) is 6.98. The number of halogens is 1. The molecule has 0 N–H and O–H groups in total. The van der Waals surface area contributed by atoms with Crippen molar-refractivity contribution in [3.05, 3.63) is 35.0 Å². The largest absolute Gasteiger partial charge is 0.383 e. The first kappa shape index (κ1) is 15.9. The summed E-state index contributed by atoms with van der Waals surface area (Å²) in [5.74, 6) is 0.0951. The molecule has 1 heterocycles. The van der Waals surface area contributed by atoms with Gasteiger partial charge in [-0.25, -0.2) is 4.39 Å². The van der Waals surface area contributed by atoms with Gasteiger partial charge in [0, 0.05) is 24.9 Å². The first-order chi connectivity index (χ1) is 10.0. The van der Waals surface area contributed by atoms with Crippen LogP contribution in [0.25, 0.3) is 10.1 Å². The van der Waals surface area contributed by atoms with Crippen molar-refractivity contribution in [2.75, 3.05) is 26.8 Å². The van der Waals surface area contributed by atoms with Crippen molar-refractivity contribution in [2.24, 2.45) is 5.92 Å². The smallest absolute Gasteiger partial charge is 0.264 e. The Hall–Kier alpha value is -1.46. The molecule has 0 unspecified atom stereocenters. The molecule has 0 bridgehead atoms. The highest BCUT2D eigenvalue weighted by Crippen LogP contribution is 2.27. The summed E-state index contributed by atoms with van der Waals surface area (Å²) in [5.41, 5.74) is 0. The van der Waals surface area contributed by atoms with E-state index in [1.165, 1.54) is 23.5 Å². The predicted molar refractivity (Wildman–Crippen MR) is 84.4 cm³/mol. The monoisotopic (exact) mass is 309 g/mol. The van der Waals surface area contributed by atoms with E-state index in [0.717, 1.165) is 10.1 Å². The van der Waals surface area contributed by atoms with E-state index in [2.05, 4.69) is 13.8 Å². The van der Waals surface area contributed by atoms with Crippen LogP contribution in [0.1, 0.15) is 23.5 Å². The third kappa shape index (κ3) is 4.02. The van der Waals surface area contributed by atoms with E-state index in [9.17, 15) is 9.18 Å². The number of methoxy groups -OCH3 is 1. The number of rotatable bonds is 6. The number of nitrogens with zero attached hydrogens (tertiary/aromatic N) is 1. The van der Waals surface area contributed by atoms with E-state index in [-0.39, 0.29) is 11.7 Å². The van der Waals surface area contributed by atoms with E-state index in [1.54, 1.807) is 24.1 Å². The highest BCUT2D eigenvalue weighted by atomic mass is 32.1. The van der Waals surface area contributed by atoms with Gasteiger partial charge in [-0.15, -0.1) is 11.3 Å². The molecule has 21 heavy (non-hydrogen) atoms. The Morgan fingerprint density at radius 2 is 2.14 bits per heavy atom. The van der Waals surface area contributed by atoms with Gasteiger partial charge in [-0.05, 0) is 35.6 Å². The third-order valence-electron chi connectivity index (χ3n) is 3.13. The maximum absolute atomic E-state index is 13.2. The molecule has 1 aromatic heterocycles. The average molecular weight is 309 g/mol. The maximum atomic E-state index is 13.2. The van der Waals surface area contributed by atoms with Crippen LogP contribution in [0, 0.1) is 11.7 Å². The molecule has 2 aromatic rings. The predicted octanol–water partition coefficient (Wildman–Crippen LogP) is 3.79. The van der Waals surface area contributed by atoms with Crippen molar-refractivity contribution in [1.82, 2.24) is 4.90 Å². The number of benzene rings is 1. The second-order valence-electron chi connectivity index (χ2n) is 5.43. The van der Waals surface area contributed by atoms with Gasteiger partial charge in [-0.2, -0.15) is 0 Å². The highest BCUT2D eigenvalue weighted by Gasteiger charge is 2.19. The fraction of sp³-hybridized carbons (Fsp3) is 0.438. The van der Waals surface area contributed by atoms with Crippen molar-refractivity contribution >= 4 is 27.3 Å². The molecule has 2 rings (SSSR count). The summed E-state index contributed by atoms with van der Waals surface area (Å²) in [6, 6.07) is 6.37. The third-order valence-corrected chi connectivity index (χ3v) is 4.23. The second kappa shape index (κ2) is 7.00. The zero-order valence-corrected chi connectivity index (χ0v) is 13.4.